The number of carbonyl (C=O) groups is 1. The monoisotopic (exact) mass is 527 g/mol. The van der Waals surface area contributed by atoms with Crippen LogP contribution in [0.2, 0.25) is 10.3 Å². The van der Waals surface area contributed by atoms with E-state index in [1.54, 1.807) is 35.2 Å². The van der Waals surface area contributed by atoms with Crippen LogP contribution < -0.4 is 4.74 Å². The van der Waals surface area contributed by atoms with Gasteiger partial charge in [0, 0.05) is 26.2 Å². The van der Waals surface area contributed by atoms with Crippen molar-refractivity contribution in [2.45, 2.75) is 32.0 Å². The summed E-state index contributed by atoms with van der Waals surface area (Å²) in [5, 5.41) is 11.5. The van der Waals surface area contributed by atoms with Crippen LogP contribution in [0.3, 0.4) is 0 Å². The number of pyridine rings is 1. The molecular weight excluding hydrogens is 501 g/mol. The Bertz CT molecular complexity index is 1220. The molecular formula is C27H27Cl2N3O4. The molecule has 5 rings (SSSR count). The Hall–Kier alpha value is -2.68. The number of aromatic nitrogens is 1. The number of benzene rings is 2. The number of hydrogen-bond donors (Lipinski definition) is 1. The van der Waals surface area contributed by atoms with Gasteiger partial charge in [-0.3, -0.25) is 9.69 Å². The number of amides is 1. The SMILES string of the molecule is O=C1c2ccccc2OC(OCc2cc(Cl)nc(Cl)c2)CN1C[C@H](O)CN1CCc2ccccc2C1. The third-order valence-electron chi connectivity index (χ3n) is 6.40. The van der Waals surface area contributed by atoms with Crippen molar-refractivity contribution in [3.63, 3.8) is 0 Å². The van der Waals surface area contributed by atoms with E-state index in [4.69, 9.17) is 32.7 Å². The van der Waals surface area contributed by atoms with E-state index >= 15 is 0 Å². The van der Waals surface area contributed by atoms with Crippen LogP contribution in [-0.2, 0) is 24.3 Å². The molecule has 1 aromatic heterocycles. The minimum absolute atomic E-state index is 0.167. The Morgan fingerprint density at radius 2 is 1.78 bits per heavy atom. The first-order valence-electron chi connectivity index (χ1n) is 11.9. The van der Waals surface area contributed by atoms with Crippen LogP contribution in [0.4, 0.5) is 0 Å². The molecule has 0 saturated heterocycles. The minimum atomic E-state index is -0.739. The summed E-state index contributed by atoms with van der Waals surface area (Å²) in [6.07, 6.45) is -0.508. The molecule has 7 nitrogen and oxygen atoms in total. The quantitative estimate of drug-likeness (QED) is 0.464. The number of aliphatic hydroxyl groups is 1. The zero-order chi connectivity index (χ0) is 25.1. The van der Waals surface area contributed by atoms with Gasteiger partial charge in [-0.2, -0.15) is 0 Å². The summed E-state index contributed by atoms with van der Waals surface area (Å²) in [7, 11) is 0. The molecule has 36 heavy (non-hydrogen) atoms. The Morgan fingerprint density at radius 3 is 2.58 bits per heavy atom. The Kier molecular flexibility index (Phi) is 7.74. The van der Waals surface area contributed by atoms with E-state index in [0.717, 1.165) is 25.1 Å². The van der Waals surface area contributed by atoms with E-state index in [1.807, 2.05) is 12.1 Å². The number of nitrogens with zero attached hydrogens (tertiary/aromatic N) is 3. The highest BCUT2D eigenvalue weighted by Gasteiger charge is 2.31. The highest BCUT2D eigenvalue weighted by atomic mass is 35.5. The molecule has 0 saturated carbocycles. The van der Waals surface area contributed by atoms with Crippen molar-refractivity contribution in [1.82, 2.24) is 14.8 Å². The fourth-order valence-corrected chi connectivity index (χ4v) is 5.21. The van der Waals surface area contributed by atoms with E-state index < -0.39 is 12.4 Å². The average molecular weight is 528 g/mol. The molecule has 2 aliphatic rings. The topological polar surface area (TPSA) is 75.1 Å². The van der Waals surface area contributed by atoms with E-state index in [-0.39, 0.29) is 35.9 Å². The molecule has 0 fully saturated rings. The van der Waals surface area contributed by atoms with Gasteiger partial charge in [-0.05, 0) is 47.4 Å². The van der Waals surface area contributed by atoms with Gasteiger partial charge in [0.15, 0.2) is 0 Å². The molecule has 3 aromatic rings. The van der Waals surface area contributed by atoms with Crippen LogP contribution in [0.1, 0.15) is 27.0 Å². The molecule has 0 bridgehead atoms. The second kappa shape index (κ2) is 11.2. The molecule has 9 heteroatoms. The number of fused-ring (bicyclic) bond motifs is 2. The van der Waals surface area contributed by atoms with Crippen LogP contribution in [0.25, 0.3) is 0 Å². The van der Waals surface area contributed by atoms with Crippen LogP contribution >= 0.6 is 23.2 Å². The minimum Gasteiger partial charge on any atom is -0.462 e. The number of β-amino-alcohol motifs (C(OH)–C–C–N with tert-alkyl or cyclic N) is 1. The van der Waals surface area contributed by atoms with E-state index in [1.165, 1.54) is 11.1 Å². The Labute approximate surface area is 220 Å². The van der Waals surface area contributed by atoms with Gasteiger partial charge in [0.25, 0.3) is 5.91 Å². The number of halogens is 2. The highest BCUT2D eigenvalue weighted by molar-refractivity contribution is 6.32. The third-order valence-corrected chi connectivity index (χ3v) is 6.79. The molecule has 188 valence electrons. The predicted octanol–water partition coefficient (Wildman–Crippen LogP) is 4.19. The van der Waals surface area contributed by atoms with Crippen molar-refractivity contribution < 1.29 is 19.4 Å². The fourth-order valence-electron chi connectivity index (χ4n) is 4.71. The molecule has 2 aliphatic heterocycles. The van der Waals surface area contributed by atoms with Crippen molar-refractivity contribution in [3.8, 4) is 5.75 Å². The Balaban J connectivity index is 1.27. The number of carbonyl (C=O) groups excluding carboxylic acids is 1. The summed E-state index contributed by atoms with van der Waals surface area (Å²) >= 11 is 12.0. The van der Waals surface area contributed by atoms with Gasteiger partial charge < -0.3 is 19.5 Å². The first-order valence-corrected chi connectivity index (χ1v) is 12.7. The van der Waals surface area contributed by atoms with Crippen LogP contribution in [0.5, 0.6) is 5.75 Å². The van der Waals surface area contributed by atoms with Crippen molar-refractivity contribution in [3.05, 3.63) is 93.2 Å². The van der Waals surface area contributed by atoms with Gasteiger partial charge in [-0.1, -0.05) is 59.6 Å². The summed E-state index contributed by atoms with van der Waals surface area (Å²) in [6.45, 7) is 2.64. The molecule has 0 aliphatic carbocycles. The van der Waals surface area contributed by atoms with Crippen molar-refractivity contribution in [1.29, 1.82) is 0 Å². The van der Waals surface area contributed by atoms with Gasteiger partial charge in [0.1, 0.15) is 16.1 Å². The van der Waals surface area contributed by atoms with Gasteiger partial charge in [-0.15, -0.1) is 0 Å². The standard InChI is InChI=1S/C27H27Cl2N3O4/c28-24-11-18(12-25(29)30-24)17-35-26-16-32(27(34)22-7-3-4-8-23(22)36-26)15-21(33)14-31-10-9-19-5-1-2-6-20(19)13-31/h1-8,11-12,21,26,33H,9-10,13-17H2/t21-,26?/m1/s1. The molecule has 1 N–H and O–H groups in total. The van der Waals surface area contributed by atoms with Crippen LogP contribution in [-0.4, -0.2) is 64.4 Å². The smallest absolute Gasteiger partial charge is 0.257 e. The van der Waals surface area contributed by atoms with Gasteiger partial charge in [0.2, 0.25) is 6.29 Å². The largest absolute Gasteiger partial charge is 0.462 e. The molecule has 2 aromatic carbocycles. The summed E-state index contributed by atoms with van der Waals surface area (Å²) in [5.74, 6) is 0.248. The second-order valence-electron chi connectivity index (χ2n) is 9.09. The van der Waals surface area contributed by atoms with Gasteiger partial charge >= 0.3 is 0 Å². The fraction of sp³-hybridized carbons (Fsp3) is 0.333. The molecule has 1 unspecified atom stereocenters. The lowest BCUT2D eigenvalue weighted by molar-refractivity contribution is -0.0989. The van der Waals surface area contributed by atoms with Crippen molar-refractivity contribution >= 4 is 29.1 Å². The van der Waals surface area contributed by atoms with Crippen LogP contribution in [0, 0.1) is 0 Å². The lowest BCUT2D eigenvalue weighted by Gasteiger charge is -2.32. The number of para-hydroxylation sites is 1. The van der Waals surface area contributed by atoms with E-state index in [0.29, 0.717) is 17.9 Å². The lowest BCUT2D eigenvalue weighted by atomic mass is 10.00. The summed E-state index contributed by atoms with van der Waals surface area (Å²) in [4.78, 5) is 21.1. The van der Waals surface area contributed by atoms with E-state index in [2.05, 4.69) is 28.1 Å². The number of aliphatic hydroxyl groups excluding tert-OH is 1. The second-order valence-corrected chi connectivity index (χ2v) is 9.87. The lowest BCUT2D eigenvalue weighted by Crippen LogP contribution is -2.46. The maximum atomic E-state index is 13.4. The molecule has 2 atom stereocenters. The number of rotatable bonds is 7. The Morgan fingerprint density at radius 1 is 1.06 bits per heavy atom. The van der Waals surface area contributed by atoms with Crippen LogP contribution in [0.15, 0.2) is 60.7 Å². The van der Waals surface area contributed by atoms with Crippen molar-refractivity contribution in [2.24, 2.45) is 0 Å². The molecule has 3 heterocycles. The molecule has 0 radical (unpaired) electrons. The highest BCUT2D eigenvalue weighted by Crippen LogP contribution is 2.26. The third kappa shape index (κ3) is 5.99. The van der Waals surface area contributed by atoms with E-state index in [9.17, 15) is 9.90 Å². The van der Waals surface area contributed by atoms with Gasteiger partial charge in [-0.25, -0.2) is 4.98 Å². The van der Waals surface area contributed by atoms with Crippen molar-refractivity contribution in [2.75, 3.05) is 26.2 Å². The normalized spacial score (nSPS) is 18.7. The first-order chi connectivity index (χ1) is 17.4. The molecule has 1 amide bonds. The predicted molar refractivity (Wildman–Crippen MR) is 137 cm³/mol. The average Bonchev–Trinajstić information content (AvgIpc) is 2.98. The summed E-state index contributed by atoms with van der Waals surface area (Å²) < 4.78 is 12.1. The number of ether oxygens (including phenoxy) is 2. The number of hydrogen-bond acceptors (Lipinski definition) is 6. The maximum Gasteiger partial charge on any atom is 0.257 e. The molecule has 0 spiro atoms. The summed E-state index contributed by atoms with van der Waals surface area (Å²) in [6, 6.07) is 18.8. The van der Waals surface area contributed by atoms with Gasteiger partial charge in [0.05, 0.1) is 24.8 Å². The summed E-state index contributed by atoms with van der Waals surface area (Å²) in [5.41, 5.74) is 3.83. The zero-order valence-corrected chi connectivity index (χ0v) is 21.2. The first kappa shape index (κ1) is 25.0. The maximum absolute atomic E-state index is 13.4. The zero-order valence-electron chi connectivity index (χ0n) is 19.6.